The number of halogens is 2. The lowest BCUT2D eigenvalue weighted by Gasteiger charge is -2.09. The van der Waals surface area contributed by atoms with Crippen LogP contribution in [0.2, 0.25) is 5.02 Å². The van der Waals surface area contributed by atoms with Crippen LogP contribution < -0.4 is 5.73 Å². The molecule has 0 atom stereocenters. The lowest BCUT2D eigenvalue weighted by Crippen LogP contribution is -2.09. The molecule has 0 saturated heterocycles. The summed E-state index contributed by atoms with van der Waals surface area (Å²) in [5.74, 6) is -1.42. The average molecular weight is 325 g/mol. The highest BCUT2D eigenvalue weighted by Crippen LogP contribution is 2.26. The van der Waals surface area contributed by atoms with Crippen molar-refractivity contribution in [1.29, 1.82) is 5.26 Å². The molecule has 4 nitrogen and oxygen atoms in total. The molecule has 2 rings (SSSR count). The van der Waals surface area contributed by atoms with E-state index in [1.165, 1.54) is 36.4 Å². The molecule has 0 spiro atoms. The van der Waals surface area contributed by atoms with Crippen molar-refractivity contribution in [3.63, 3.8) is 0 Å². The van der Waals surface area contributed by atoms with Crippen LogP contribution in [0.1, 0.15) is 11.1 Å². The summed E-state index contributed by atoms with van der Waals surface area (Å²) >= 11 is 5.72. The van der Waals surface area contributed by atoms with Gasteiger partial charge in [0.25, 0.3) is 0 Å². The first kappa shape index (κ1) is 15.3. The lowest BCUT2D eigenvalue weighted by atomic mass is 10.1. The molecule has 2 N–H and O–H groups in total. The second-order valence-corrected chi connectivity index (χ2v) is 6.73. The summed E-state index contributed by atoms with van der Waals surface area (Å²) in [5, 5.41) is 9.07. The fourth-order valence-corrected chi connectivity index (χ4v) is 3.52. The topological polar surface area (TPSA) is 84.0 Å². The first-order valence-corrected chi connectivity index (χ1v) is 7.83. The summed E-state index contributed by atoms with van der Waals surface area (Å²) in [6.07, 6.45) is 0. The van der Waals surface area contributed by atoms with Gasteiger partial charge >= 0.3 is 0 Å². The van der Waals surface area contributed by atoms with Crippen LogP contribution in [0.4, 0.5) is 10.1 Å². The van der Waals surface area contributed by atoms with Gasteiger partial charge in [0.15, 0.2) is 9.84 Å². The number of sulfone groups is 1. The molecular weight excluding hydrogens is 315 g/mol. The van der Waals surface area contributed by atoms with Crippen molar-refractivity contribution in [2.75, 3.05) is 5.73 Å². The molecule has 0 radical (unpaired) electrons. The Bertz CT molecular complexity index is 845. The Morgan fingerprint density at radius 3 is 2.62 bits per heavy atom. The number of hydrogen-bond donors (Lipinski definition) is 1. The van der Waals surface area contributed by atoms with Crippen molar-refractivity contribution in [2.45, 2.75) is 10.6 Å². The van der Waals surface area contributed by atoms with Gasteiger partial charge in [-0.15, -0.1) is 0 Å². The van der Waals surface area contributed by atoms with Gasteiger partial charge < -0.3 is 5.73 Å². The summed E-state index contributed by atoms with van der Waals surface area (Å²) < 4.78 is 38.6. The first-order valence-electron chi connectivity index (χ1n) is 5.80. The summed E-state index contributed by atoms with van der Waals surface area (Å²) in [4.78, 5) is -0.117. The molecular formula is C14H10ClFN2O2S. The predicted octanol–water partition coefficient (Wildman–Crippen LogP) is 2.91. The minimum Gasteiger partial charge on any atom is -0.398 e. The van der Waals surface area contributed by atoms with Gasteiger partial charge in [-0.3, -0.25) is 0 Å². The van der Waals surface area contributed by atoms with Gasteiger partial charge in [0.05, 0.1) is 21.9 Å². The maximum Gasteiger partial charge on any atom is 0.184 e. The Balaban J connectivity index is 2.45. The van der Waals surface area contributed by atoms with Crippen LogP contribution in [0.5, 0.6) is 0 Å². The van der Waals surface area contributed by atoms with E-state index in [2.05, 4.69) is 0 Å². The van der Waals surface area contributed by atoms with Gasteiger partial charge in [-0.2, -0.15) is 5.26 Å². The molecule has 0 aliphatic carbocycles. The smallest absolute Gasteiger partial charge is 0.184 e. The Morgan fingerprint density at radius 2 is 2.00 bits per heavy atom. The Labute approximate surface area is 126 Å². The van der Waals surface area contributed by atoms with E-state index < -0.39 is 21.4 Å². The molecule has 0 unspecified atom stereocenters. The highest BCUT2D eigenvalue weighted by molar-refractivity contribution is 7.90. The molecule has 7 heteroatoms. The second-order valence-electron chi connectivity index (χ2n) is 4.33. The van der Waals surface area contributed by atoms with E-state index in [4.69, 9.17) is 22.6 Å². The van der Waals surface area contributed by atoms with E-state index in [-0.39, 0.29) is 21.7 Å². The summed E-state index contributed by atoms with van der Waals surface area (Å²) in [6.45, 7) is 0. The number of nitriles is 1. The molecule has 0 aliphatic rings. The molecule has 0 aromatic heterocycles. The number of benzene rings is 2. The highest BCUT2D eigenvalue weighted by atomic mass is 35.5. The van der Waals surface area contributed by atoms with Crippen LogP contribution >= 0.6 is 11.6 Å². The Morgan fingerprint density at radius 1 is 1.29 bits per heavy atom. The number of nitrogens with zero attached hydrogens (tertiary/aromatic N) is 1. The quantitative estimate of drug-likeness (QED) is 0.880. The number of hydrogen-bond acceptors (Lipinski definition) is 4. The molecule has 0 bridgehead atoms. The molecule has 0 heterocycles. The first-order chi connectivity index (χ1) is 9.85. The highest BCUT2D eigenvalue weighted by Gasteiger charge is 2.21. The molecule has 0 fully saturated rings. The van der Waals surface area contributed by atoms with E-state index in [1.54, 1.807) is 6.07 Å². The summed E-state index contributed by atoms with van der Waals surface area (Å²) in [7, 11) is -3.84. The Hall–Kier alpha value is -2.10. The number of rotatable bonds is 3. The van der Waals surface area contributed by atoms with Gasteiger partial charge in [0, 0.05) is 10.6 Å². The van der Waals surface area contributed by atoms with Crippen LogP contribution in [0.25, 0.3) is 0 Å². The van der Waals surface area contributed by atoms with E-state index >= 15 is 0 Å². The summed E-state index contributed by atoms with van der Waals surface area (Å²) in [5.41, 5.74) is 5.36. The second kappa shape index (κ2) is 5.72. The largest absolute Gasteiger partial charge is 0.398 e. The third-order valence-electron chi connectivity index (χ3n) is 2.85. The van der Waals surface area contributed by atoms with Crippen LogP contribution in [0, 0.1) is 17.1 Å². The monoisotopic (exact) mass is 324 g/mol. The van der Waals surface area contributed by atoms with Gasteiger partial charge in [0.2, 0.25) is 0 Å². The van der Waals surface area contributed by atoms with Gasteiger partial charge in [-0.1, -0.05) is 23.7 Å². The molecule has 2 aromatic rings. The molecule has 108 valence electrons. The van der Waals surface area contributed by atoms with Crippen molar-refractivity contribution in [1.82, 2.24) is 0 Å². The lowest BCUT2D eigenvalue weighted by molar-refractivity contribution is 0.586. The molecule has 21 heavy (non-hydrogen) atoms. The Kier molecular flexibility index (Phi) is 4.16. The van der Waals surface area contributed by atoms with E-state index in [0.29, 0.717) is 5.02 Å². The van der Waals surface area contributed by atoms with Crippen LogP contribution in [-0.2, 0) is 15.6 Å². The minimum absolute atomic E-state index is 0.000606. The predicted molar refractivity (Wildman–Crippen MR) is 77.9 cm³/mol. The van der Waals surface area contributed by atoms with Crippen molar-refractivity contribution >= 4 is 27.1 Å². The fraction of sp³-hybridized carbons (Fsp3) is 0.0714. The van der Waals surface area contributed by atoms with Gasteiger partial charge in [-0.25, -0.2) is 12.8 Å². The average Bonchev–Trinajstić information content (AvgIpc) is 2.40. The SMILES string of the molecule is N#Cc1cccc(CS(=O)(=O)c2ccc(Cl)cc2N)c1F. The fourth-order valence-electron chi connectivity index (χ4n) is 1.86. The minimum atomic E-state index is -3.84. The number of nitrogens with two attached hydrogens (primary N) is 1. The van der Waals surface area contributed by atoms with Crippen molar-refractivity contribution in [3.05, 3.63) is 58.4 Å². The molecule has 0 saturated carbocycles. The zero-order chi connectivity index (χ0) is 15.6. The maximum atomic E-state index is 13.9. The van der Waals surface area contributed by atoms with Crippen LogP contribution in [-0.4, -0.2) is 8.42 Å². The van der Waals surface area contributed by atoms with E-state index in [9.17, 15) is 12.8 Å². The number of anilines is 1. The van der Waals surface area contributed by atoms with Gasteiger partial charge in [-0.05, 0) is 24.3 Å². The van der Waals surface area contributed by atoms with Gasteiger partial charge in [0.1, 0.15) is 11.9 Å². The zero-order valence-electron chi connectivity index (χ0n) is 10.7. The molecule has 2 aromatic carbocycles. The van der Waals surface area contributed by atoms with Crippen molar-refractivity contribution < 1.29 is 12.8 Å². The zero-order valence-corrected chi connectivity index (χ0v) is 12.2. The van der Waals surface area contributed by atoms with Crippen LogP contribution in [0.3, 0.4) is 0 Å². The summed E-state index contributed by atoms with van der Waals surface area (Å²) in [6, 6.07) is 9.68. The third kappa shape index (κ3) is 3.15. The standard InChI is InChI=1S/C14H10ClFN2O2S/c15-11-4-5-13(12(18)6-11)21(19,20)8-10-3-1-2-9(7-17)14(10)16/h1-6H,8,18H2. The molecule has 0 amide bonds. The number of nitrogen functional groups attached to an aromatic ring is 1. The van der Waals surface area contributed by atoms with Crippen molar-refractivity contribution in [2.24, 2.45) is 0 Å². The van der Waals surface area contributed by atoms with Crippen LogP contribution in [0.15, 0.2) is 41.3 Å². The van der Waals surface area contributed by atoms with E-state index in [0.717, 1.165) is 0 Å². The normalized spacial score (nSPS) is 11.1. The molecule has 0 aliphatic heterocycles. The maximum absolute atomic E-state index is 13.9. The van der Waals surface area contributed by atoms with Crippen molar-refractivity contribution in [3.8, 4) is 6.07 Å². The van der Waals surface area contributed by atoms with E-state index in [1.807, 2.05) is 0 Å². The third-order valence-corrected chi connectivity index (χ3v) is 4.82.